The first-order valence-corrected chi connectivity index (χ1v) is 8.41. The first-order valence-electron chi connectivity index (χ1n) is 6.80. The third-order valence-corrected chi connectivity index (χ3v) is 4.35. The summed E-state index contributed by atoms with van der Waals surface area (Å²) in [5, 5.41) is 3.46. The average molecular weight is 354 g/mol. The number of nitrogens with one attached hydrogen (secondary N) is 1. The fourth-order valence-corrected chi connectivity index (χ4v) is 2.93. The summed E-state index contributed by atoms with van der Waals surface area (Å²) < 4.78 is 6.84. The van der Waals surface area contributed by atoms with E-state index in [0.29, 0.717) is 12.5 Å². The zero-order valence-electron chi connectivity index (χ0n) is 11.9. The van der Waals surface area contributed by atoms with Crippen LogP contribution in [0.15, 0.2) is 40.9 Å². The Balaban J connectivity index is 1.79. The molecule has 0 unspecified atom stereocenters. The zero-order valence-corrected chi connectivity index (χ0v) is 14.3. The Morgan fingerprint density at radius 2 is 1.80 bits per heavy atom. The second-order valence-corrected chi connectivity index (χ2v) is 7.30. The van der Waals surface area contributed by atoms with Gasteiger partial charge in [0, 0.05) is 20.8 Å². The maximum atomic E-state index is 5.77. The Hall–Kier alpha value is -0.840. The third-order valence-electron chi connectivity index (χ3n) is 2.76. The molecule has 1 N–H and O–H groups in total. The lowest BCUT2D eigenvalue weighted by Gasteiger charge is -2.05. The minimum atomic E-state index is 0.635. The number of hydrogen-bond donors (Lipinski definition) is 1. The number of ether oxygens (including phenoxy) is 1. The molecule has 0 saturated carbocycles. The van der Waals surface area contributed by atoms with Gasteiger partial charge in [-0.15, -0.1) is 11.3 Å². The molecule has 0 fully saturated rings. The summed E-state index contributed by atoms with van der Waals surface area (Å²) in [6.45, 7) is 7.08. The van der Waals surface area contributed by atoms with Crippen LogP contribution >= 0.6 is 27.3 Å². The number of thiophene rings is 1. The van der Waals surface area contributed by atoms with E-state index in [1.165, 1.54) is 9.75 Å². The van der Waals surface area contributed by atoms with Crippen molar-refractivity contribution in [3.05, 3.63) is 50.6 Å². The quantitative estimate of drug-likeness (QED) is 0.769. The summed E-state index contributed by atoms with van der Waals surface area (Å²) in [4.78, 5) is 2.62. The molecule has 2 rings (SSSR count). The molecule has 0 radical (unpaired) electrons. The lowest BCUT2D eigenvalue weighted by atomic mass is 10.2. The van der Waals surface area contributed by atoms with E-state index in [1.807, 2.05) is 35.6 Å². The standard InChI is InChI=1S/C16H20BrNOS/c1-12(2)9-18-10-15-7-8-16(20-15)11-19-14-5-3-13(17)4-6-14/h3-8,12,18H,9-11H2,1-2H3. The van der Waals surface area contributed by atoms with Crippen molar-refractivity contribution < 1.29 is 4.74 Å². The van der Waals surface area contributed by atoms with Gasteiger partial charge < -0.3 is 10.1 Å². The Morgan fingerprint density at radius 1 is 1.10 bits per heavy atom. The molecule has 0 bridgehead atoms. The molecule has 1 aromatic carbocycles. The van der Waals surface area contributed by atoms with E-state index in [0.717, 1.165) is 23.3 Å². The van der Waals surface area contributed by atoms with Gasteiger partial charge in [-0.3, -0.25) is 0 Å². The van der Waals surface area contributed by atoms with Crippen LogP contribution in [0.3, 0.4) is 0 Å². The molecule has 2 nitrogen and oxygen atoms in total. The SMILES string of the molecule is CC(C)CNCc1ccc(COc2ccc(Br)cc2)s1. The monoisotopic (exact) mass is 353 g/mol. The van der Waals surface area contributed by atoms with Crippen molar-refractivity contribution in [2.24, 2.45) is 5.92 Å². The molecule has 0 spiro atoms. The van der Waals surface area contributed by atoms with Crippen LogP contribution in [-0.2, 0) is 13.2 Å². The number of hydrogen-bond acceptors (Lipinski definition) is 3. The van der Waals surface area contributed by atoms with Gasteiger partial charge in [0.05, 0.1) is 0 Å². The van der Waals surface area contributed by atoms with Crippen molar-refractivity contribution in [2.45, 2.75) is 27.0 Å². The van der Waals surface area contributed by atoms with Crippen molar-refractivity contribution in [2.75, 3.05) is 6.54 Å². The Labute approximate surface area is 133 Å². The van der Waals surface area contributed by atoms with Crippen LogP contribution in [0.2, 0.25) is 0 Å². The highest BCUT2D eigenvalue weighted by atomic mass is 79.9. The van der Waals surface area contributed by atoms with Crippen LogP contribution in [0.5, 0.6) is 5.75 Å². The fourth-order valence-electron chi connectivity index (χ4n) is 1.76. The Kier molecular flexibility index (Phi) is 6.07. The molecular formula is C16H20BrNOS. The topological polar surface area (TPSA) is 21.3 Å². The van der Waals surface area contributed by atoms with Gasteiger partial charge in [-0.05, 0) is 48.9 Å². The van der Waals surface area contributed by atoms with Crippen molar-refractivity contribution in [1.29, 1.82) is 0 Å². The molecule has 1 aromatic heterocycles. The van der Waals surface area contributed by atoms with E-state index in [1.54, 1.807) is 0 Å². The third kappa shape index (κ3) is 5.27. The summed E-state index contributed by atoms with van der Waals surface area (Å²) in [5.74, 6) is 1.59. The fraction of sp³-hybridized carbons (Fsp3) is 0.375. The maximum Gasteiger partial charge on any atom is 0.122 e. The van der Waals surface area contributed by atoms with E-state index in [9.17, 15) is 0 Å². The highest BCUT2D eigenvalue weighted by Gasteiger charge is 2.02. The van der Waals surface area contributed by atoms with Gasteiger partial charge in [0.15, 0.2) is 0 Å². The zero-order chi connectivity index (χ0) is 14.4. The number of benzene rings is 1. The van der Waals surface area contributed by atoms with E-state index in [2.05, 4.69) is 47.2 Å². The highest BCUT2D eigenvalue weighted by molar-refractivity contribution is 9.10. The lowest BCUT2D eigenvalue weighted by Crippen LogP contribution is -2.18. The van der Waals surface area contributed by atoms with Gasteiger partial charge in [0.1, 0.15) is 12.4 Å². The van der Waals surface area contributed by atoms with Crippen molar-refractivity contribution in [3.8, 4) is 5.75 Å². The summed E-state index contributed by atoms with van der Waals surface area (Å²) in [5.41, 5.74) is 0. The van der Waals surface area contributed by atoms with Gasteiger partial charge in [-0.1, -0.05) is 29.8 Å². The van der Waals surface area contributed by atoms with E-state index < -0.39 is 0 Å². The molecule has 20 heavy (non-hydrogen) atoms. The summed E-state index contributed by atoms with van der Waals surface area (Å²) in [6, 6.07) is 12.3. The van der Waals surface area contributed by atoms with Crippen LogP contribution in [-0.4, -0.2) is 6.54 Å². The van der Waals surface area contributed by atoms with Crippen LogP contribution in [0.4, 0.5) is 0 Å². The summed E-state index contributed by atoms with van der Waals surface area (Å²) in [7, 11) is 0. The molecule has 0 aliphatic heterocycles. The van der Waals surface area contributed by atoms with Gasteiger partial charge >= 0.3 is 0 Å². The molecule has 1 heterocycles. The van der Waals surface area contributed by atoms with E-state index >= 15 is 0 Å². The molecule has 2 aromatic rings. The first-order chi connectivity index (χ1) is 9.63. The summed E-state index contributed by atoms with van der Waals surface area (Å²) in [6.07, 6.45) is 0. The molecular weight excluding hydrogens is 334 g/mol. The van der Waals surface area contributed by atoms with Gasteiger partial charge in [0.2, 0.25) is 0 Å². The van der Waals surface area contributed by atoms with Crippen molar-refractivity contribution in [3.63, 3.8) is 0 Å². The van der Waals surface area contributed by atoms with E-state index in [4.69, 9.17) is 4.74 Å². The van der Waals surface area contributed by atoms with Gasteiger partial charge in [-0.2, -0.15) is 0 Å². The van der Waals surface area contributed by atoms with Gasteiger partial charge in [0.25, 0.3) is 0 Å². The smallest absolute Gasteiger partial charge is 0.122 e. The minimum Gasteiger partial charge on any atom is -0.488 e. The first kappa shape index (κ1) is 15.5. The second-order valence-electron chi connectivity index (χ2n) is 5.14. The normalized spacial score (nSPS) is 11.0. The van der Waals surface area contributed by atoms with Crippen LogP contribution in [0.1, 0.15) is 23.6 Å². The molecule has 0 aliphatic carbocycles. The van der Waals surface area contributed by atoms with Crippen LogP contribution in [0, 0.1) is 5.92 Å². The van der Waals surface area contributed by atoms with E-state index in [-0.39, 0.29) is 0 Å². The minimum absolute atomic E-state index is 0.635. The van der Waals surface area contributed by atoms with Crippen molar-refractivity contribution >= 4 is 27.3 Å². The highest BCUT2D eigenvalue weighted by Crippen LogP contribution is 2.21. The predicted molar refractivity (Wildman–Crippen MR) is 89.3 cm³/mol. The molecule has 108 valence electrons. The largest absolute Gasteiger partial charge is 0.488 e. The van der Waals surface area contributed by atoms with Crippen LogP contribution < -0.4 is 10.1 Å². The molecule has 4 heteroatoms. The molecule has 0 saturated heterocycles. The molecule has 0 amide bonds. The Bertz CT molecular complexity index is 522. The Morgan fingerprint density at radius 3 is 2.50 bits per heavy atom. The summed E-state index contributed by atoms with van der Waals surface area (Å²) >= 11 is 5.23. The number of rotatable bonds is 7. The lowest BCUT2D eigenvalue weighted by molar-refractivity contribution is 0.310. The van der Waals surface area contributed by atoms with Crippen LogP contribution in [0.25, 0.3) is 0 Å². The molecule has 0 atom stereocenters. The maximum absolute atomic E-state index is 5.77. The van der Waals surface area contributed by atoms with Crippen molar-refractivity contribution in [1.82, 2.24) is 5.32 Å². The second kappa shape index (κ2) is 7.81. The average Bonchev–Trinajstić information content (AvgIpc) is 2.86. The van der Waals surface area contributed by atoms with Gasteiger partial charge in [-0.25, -0.2) is 0 Å². The predicted octanol–water partition coefficient (Wildman–Crippen LogP) is 4.84. The molecule has 0 aliphatic rings. The number of halogens is 1.